The third-order valence-corrected chi connectivity index (χ3v) is 2.95. The van der Waals surface area contributed by atoms with Gasteiger partial charge in [-0.3, -0.25) is 4.79 Å². The van der Waals surface area contributed by atoms with Crippen molar-refractivity contribution in [2.24, 2.45) is 0 Å². The van der Waals surface area contributed by atoms with Crippen molar-refractivity contribution in [1.82, 2.24) is 10.3 Å². The zero-order chi connectivity index (χ0) is 15.4. The maximum absolute atomic E-state index is 12.2. The van der Waals surface area contributed by atoms with Crippen LogP contribution in [0.5, 0.6) is 0 Å². The Bertz CT molecular complexity index is 649. The number of carbonyl (C=O) groups is 2. The van der Waals surface area contributed by atoms with E-state index in [1.54, 1.807) is 38.1 Å². The van der Waals surface area contributed by atoms with Gasteiger partial charge in [-0.1, -0.05) is 30.3 Å². The maximum Gasteiger partial charge on any atom is 0.333 e. The summed E-state index contributed by atoms with van der Waals surface area (Å²) in [4.78, 5) is 28.2. The van der Waals surface area contributed by atoms with Crippen LogP contribution < -0.4 is 5.32 Å². The molecule has 1 aromatic carbocycles. The lowest BCUT2D eigenvalue weighted by molar-refractivity contribution is -0.143. The number of esters is 1. The first-order chi connectivity index (χ1) is 10.0. The van der Waals surface area contributed by atoms with Crippen LogP contribution >= 0.6 is 0 Å². The predicted molar refractivity (Wildman–Crippen MR) is 74.6 cm³/mol. The Kier molecular flexibility index (Phi) is 4.37. The Morgan fingerprint density at radius 3 is 2.43 bits per heavy atom. The average Bonchev–Trinajstić information content (AvgIpc) is 2.83. The molecule has 0 aliphatic rings. The van der Waals surface area contributed by atoms with E-state index >= 15 is 0 Å². The fraction of sp³-hybridized carbons (Fsp3) is 0.267. The van der Waals surface area contributed by atoms with E-state index in [2.05, 4.69) is 10.3 Å². The lowest BCUT2D eigenvalue weighted by atomic mass is 10.1. The van der Waals surface area contributed by atoms with Crippen LogP contribution in [-0.4, -0.2) is 24.0 Å². The zero-order valence-electron chi connectivity index (χ0n) is 12.0. The highest BCUT2D eigenvalue weighted by Crippen LogP contribution is 2.16. The number of carbonyl (C=O) groups excluding carboxylic acids is 2. The van der Waals surface area contributed by atoms with Gasteiger partial charge in [-0.2, -0.15) is 0 Å². The molecule has 6 heteroatoms. The number of aryl methyl sites for hydroxylation is 2. The van der Waals surface area contributed by atoms with Crippen LogP contribution in [0.15, 0.2) is 34.7 Å². The van der Waals surface area contributed by atoms with Crippen molar-refractivity contribution >= 4 is 11.9 Å². The lowest BCUT2D eigenvalue weighted by Crippen LogP contribution is -2.34. The summed E-state index contributed by atoms with van der Waals surface area (Å²) in [6.45, 7) is 3.32. The Labute approximate surface area is 122 Å². The minimum absolute atomic E-state index is 0.0948. The summed E-state index contributed by atoms with van der Waals surface area (Å²) in [5, 5.41) is 2.61. The molecular weight excluding hydrogens is 272 g/mol. The van der Waals surface area contributed by atoms with Crippen molar-refractivity contribution in [3.63, 3.8) is 0 Å². The van der Waals surface area contributed by atoms with Crippen LogP contribution in [0.25, 0.3) is 0 Å². The van der Waals surface area contributed by atoms with Gasteiger partial charge in [0.25, 0.3) is 5.91 Å². The van der Waals surface area contributed by atoms with Gasteiger partial charge in [-0.25, -0.2) is 9.78 Å². The summed E-state index contributed by atoms with van der Waals surface area (Å²) in [5.74, 6) is -0.569. The maximum atomic E-state index is 12.2. The van der Waals surface area contributed by atoms with Crippen molar-refractivity contribution in [2.45, 2.75) is 19.9 Å². The van der Waals surface area contributed by atoms with Gasteiger partial charge in [-0.15, -0.1) is 0 Å². The number of amides is 1. The molecule has 6 nitrogen and oxygen atoms in total. The number of nitrogens with zero attached hydrogens (tertiary/aromatic N) is 1. The molecule has 2 rings (SSSR count). The van der Waals surface area contributed by atoms with Crippen molar-refractivity contribution in [3.05, 3.63) is 53.2 Å². The highest BCUT2D eigenvalue weighted by Gasteiger charge is 2.26. The fourth-order valence-electron chi connectivity index (χ4n) is 1.98. The van der Waals surface area contributed by atoms with Gasteiger partial charge in [0, 0.05) is 6.92 Å². The monoisotopic (exact) mass is 288 g/mol. The number of oxazole rings is 1. The Morgan fingerprint density at radius 2 is 1.90 bits per heavy atom. The quantitative estimate of drug-likeness (QED) is 0.869. The third-order valence-electron chi connectivity index (χ3n) is 2.95. The molecule has 2 aromatic rings. The second kappa shape index (κ2) is 6.21. The molecule has 1 atom stereocenters. The first kappa shape index (κ1) is 14.8. The van der Waals surface area contributed by atoms with Crippen LogP contribution in [0.4, 0.5) is 0 Å². The minimum Gasteiger partial charge on any atom is -0.467 e. The van der Waals surface area contributed by atoms with Gasteiger partial charge in [0.05, 0.1) is 12.8 Å². The number of aromatic nitrogens is 1. The van der Waals surface area contributed by atoms with Gasteiger partial charge in [0.2, 0.25) is 5.76 Å². The summed E-state index contributed by atoms with van der Waals surface area (Å²) in [6, 6.07) is 7.96. The molecule has 0 aliphatic carbocycles. The van der Waals surface area contributed by atoms with E-state index < -0.39 is 17.9 Å². The molecule has 0 bridgehead atoms. The number of ether oxygens (including phenoxy) is 1. The molecular formula is C15H16N2O4. The molecule has 0 aliphatic heterocycles. The highest BCUT2D eigenvalue weighted by molar-refractivity contribution is 5.95. The van der Waals surface area contributed by atoms with Crippen LogP contribution in [-0.2, 0) is 9.53 Å². The molecule has 1 heterocycles. The fourth-order valence-corrected chi connectivity index (χ4v) is 1.98. The third kappa shape index (κ3) is 3.28. The first-order valence-electron chi connectivity index (χ1n) is 6.40. The second-order valence-electron chi connectivity index (χ2n) is 4.49. The molecule has 1 unspecified atom stereocenters. The SMILES string of the molecule is COC(=O)C(NC(=O)c1oc(C)nc1C)c1ccccc1. The second-order valence-corrected chi connectivity index (χ2v) is 4.49. The summed E-state index contributed by atoms with van der Waals surface area (Å²) >= 11 is 0. The number of nitrogens with one attached hydrogen (secondary N) is 1. The molecule has 1 aromatic heterocycles. The Hall–Kier alpha value is -2.63. The molecule has 21 heavy (non-hydrogen) atoms. The zero-order valence-corrected chi connectivity index (χ0v) is 12.0. The van der Waals surface area contributed by atoms with Crippen molar-refractivity contribution in [2.75, 3.05) is 7.11 Å². The van der Waals surface area contributed by atoms with Gasteiger partial charge >= 0.3 is 5.97 Å². The molecule has 0 radical (unpaired) electrons. The van der Waals surface area contributed by atoms with Gasteiger partial charge in [-0.05, 0) is 12.5 Å². The lowest BCUT2D eigenvalue weighted by Gasteiger charge is -2.16. The van der Waals surface area contributed by atoms with Crippen molar-refractivity contribution < 1.29 is 18.7 Å². The normalized spacial score (nSPS) is 11.8. The van der Waals surface area contributed by atoms with E-state index in [0.29, 0.717) is 17.1 Å². The molecule has 0 saturated heterocycles. The highest BCUT2D eigenvalue weighted by atomic mass is 16.5. The van der Waals surface area contributed by atoms with Crippen molar-refractivity contribution in [3.8, 4) is 0 Å². The van der Waals surface area contributed by atoms with E-state index in [4.69, 9.17) is 9.15 Å². The van der Waals surface area contributed by atoms with Crippen LogP contribution in [0.2, 0.25) is 0 Å². The molecule has 0 spiro atoms. The number of rotatable bonds is 4. The Morgan fingerprint density at radius 1 is 1.24 bits per heavy atom. The number of methoxy groups -OCH3 is 1. The van der Waals surface area contributed by atoms with E-state index in [9.17, 15) is 9.59 Å². The summed E-state index contributed by atoms with van der Waals surface area (Å²) in [7, 11) is 1.27. The molecule has 1 amide bonds. The van der Waals surface area contributed by atoms with Crippen LogP contribution in [0, 0.1) is 13.8 Å². The van der Waals surface area contributed by atoms with Gasteiger partial charge in [0.1, 0.15) is 0 Å². The number of benzene rings is 1. The predicted octanol–water partition coefficient (Wildman–Crippen LogP) is 1.94. The van der Waals surface area contributed by atoms with Crippen LogP contribution in [0.3, 0.4) is 0 Å². The standard InChI is InChI=1S/C15H16N2O4/c1-9-13(21-10(2)16-9)14(18)17-12(15(19)20-3)11-7-5-4-6-8-11/h4-8,12H,1-3H3,(H,17,18). The minimum atomic E-state index is -0.895. The summed E-state index contributed by atoms with van der Waals surface area (Å²) in [6.07, 6.45) is 0. The number of hydrogen-bond donors (Lipinski definition) is 1. The first-order valence-corrected chi connectivity index (χ1v) is 6.40. The molecule has 0 saturated carbocycles. The van der Waals surface area contributed by atoms with E-state index in [1.807, 2.05) is 6.07 Å². The van der Waals surface area contributed by atoms with E-state index in [1.165, 1.54) is 7.11 Å². The Balaban J connectivity index is 2.25. The van der Waals surface area contributed by atoms with E-state index in [-0.39, 0.29) is 5.76 Å². The average molecular weight is 288 g/mol. The molecule has 110 valence electrons. The largest absolute Gasteiger partial charge is 0.467 e. The van der Waals surface area contributed by atoms with Gasteiger partial charge in [0.15, 0.2) is 11.9 Å². The van der Waals surface area contributed by atoms with Crippen molar-refractivity contribution in [1.29, 1.82) is 0 Å². The van der Waals surface area contributed by atoms with Crippen LogP contribution in [0.1, 0.15) is 33.7 Å². The summed E-state index contributed by atoms with van der Waals surface area (Å²) in [5.41, 5.74) is 1.10. The topological polar surface area (TPSA) is 81.4 Å². The molecule has 0 fully saturated rings. The number of hydrogen-bond acceptors (Lipinski definition) is 5. The molecule has 1 N–H and O–H groups in total. The summed E-state index contributed by atoms with van der Waals surface area (Å²) < 4.78 is 9.99. The van der Waals surface area contributed by atoms with E-state index in [0.717, 1.165) is 0 Å². The smallest absolute Gasteiger partial charge is 0.333 e. The van der Waals surface area contributed by atoms with Gasteiger partial charge < -0.3 is 14.5 Å².